The van der Waals surface area contributed by atoms with E-state index in [2.05, 4.69) is 26.3 Å². The zero-order valence-electron chi connectivity index (χ0n) is 9.91. The standard InChI is InChI=1S/C13H12BrClFN3/c14-10-2-1-9(5-12(10)16)13(19-17)6-8-3-4-18-7-11(8)15/h1-5,7,13,19H,6,17H2. The van der Waals surface area contributed by atoms with E-state index < -0.39 is 0 Å². The molecule has 1 aromatic carbocycles. The summed E-state index contributed by atoms with van der Waals surface area (Å²) in [5.41, 5.74) is 4.35. The molecule has 0 aliphatic rings. The normalized spacial score (nSPS) is 12.4. The minimum Gasteiger partial charge on any atom is -0.271 e. The molecule has 0 saturated heterocycles. The van der Waals surface area contributed by atoms with Crippen LogP contribution in [0.15, 0.2) is 41.1 Å². The van der Waals surface area contributed by atoms with Crippen LogP contribution in [0.3, 0.4) is 0 Å². The van der Waals surface area contributed by atoms with Crippen LogP contribution in [0.1, 0.15) is 17.2 Å². The molecule has 0 radical (unpaired) electrons. The maximum atomic E-state index is 13.5. The lowest BCUT2D eigenvalue weighted by molar-refractivity contribution is 0.543. The van der Waals surface area contributed by atoms with Gasteiger partial charge in [-0.3, -0.25) is 16.3 Å². The third-order valence-corrected chi connectivity index (χ3v) is 3.81. The van der Waals surface area contributed by atoms with E-state index in [-0.39, 0.29) is 11.9 Å². The summed E-state index contributed by atoms with van der Waals surface area (Å²) in [4.78, 5) is 3.93. The number of rotatable bonds is 4. The van der Waals surface area contributed by atoms with Crippen LogP contribution in [0.4, 0.5) is 4.39 Å². The topological polar surface area (TPSA) is 50.9 Å². The molecule has 0 aliphatic carbocycles. The van der Waals surface area contributed by atoms with Gasteiger partial charge < -0.3 is 0 Å². The molecule has 6 heteroatoms. The molecule has 1 heterocycles. The third kappa shape index (κ3) is 3.51. The Bertz CT molecular complexity index is 580. The molecule has 19 heavy (non-hydrogen) atoms. The fourth-order valence-corrected chi connectivity index (χ4v) is 2.23. The summed E-state index contributed by atoms with van der Waals surface area (Å²) in [7, 11) is 0. The average molecular weight is 345 g/mol. The van der Waals surface area contributed by atoms with Crippen molar-refractivity contribution in [3.63, 3.8) is 0 Å². The fraction of sp³-hybridized carbons (Fsp3) is 0.154. The van der Waals surface area contributed by atoms with Crippen LogP contribution < -0.4 is 11.3 Å². The minimum absolute atomic E-state index is 0.220. The molecule has 0 amide bonds. The summed E-state index contributed by atoms with van der Waals surface area (Å²) in [6, 6.07) is 6.52. The van der Waals surface area contributed by atoms with Crippen molar-refractivity contribution < 1.29 is 4.39 Å². The summed E-state index contributed by atoms with van der Waals surface area (Å²) in [5.74, 6) is 5.23. The molecule has 2 rings (SSSR count). The molecule has 0 fully saturated rings. The highest BCUT2D eigenvalue weighted by molar-refractivity contribution is 9.10. The highest BCUT2D eigenvalue weighted by Crippen LogP contribution is 2.25. The van der Waals surface area contributed by atoms with Crippen molar-refractivity contribution >= 4 is 27.5 Å². The van der Waals surface area contributed by atoms with Crippen molar-refractivity contribution in [3.05, 3.63) is 63.1 Å². The Hall–Kier alpha value is -1.01. The highest BCUT2D eigenvalue weighted by Gasteiger charge is 2.14. The number of pyridine rings is 1. The Morgan fingerprint density at radius 1 is 1.42 bits per heavy atom. The SMILES string of the molecule is NNC(Cc1ccncc1Cl)c1ccc(Br)c(F)c1. The highest BCUT2D eigenvalue weighted by atomic mass is 79.9. The molecule has 1 atom stereocenters. The van der Waals surface area contributed by atoms with Crippen molar-refractivity contribution in [2.75, 3.05) is 0 Å². The van der Waals surface area contributed by atoms with Crippen molar-refractivity contribution in [3.8, 4) is 0 Å². The number of nitrogens with two attached hydrogens (primary N) is 1. The largest absolute Gasteiger partial charge is 0.271 e. The van der Waals surface area contributed by atoms with Gasteiger partial charge in [-0.2, -0.15) is 0 Å². The molecular formula is C13H12BrClFN3. The first kappa shape index (κ1) is 14.4. The Balaban J connectivity index is 2.25. The van der Waals surface area contributed by atoms with E-state index in [1.165, 1.54) is 6.07 Å². The van der Waals surface area contributed by atoms with Gasteiger partial charge in [0.1, 0.15) is 5.82 Å². The molecule has 0 aliphatic heterocycles. The molecule has 3 N–H and O–H groups in total. The van der Waals surface area contributed by atoms with Gasteiger partial charge in [-0.05, 0) is 51.7 Å². The van der Waals surface area contributed by atoms with Crippen molar-refractivity contribution in [2.45, 2.75) is 12.5 Å². The molecule has 100 valence electrons. The number of nitrogens with one attached hydrogen (secondary N) is 1. The maximum Gasteiger partial charge on any atom is 0.137 e. The van der Waals surface area contributed by atoms with Gasteiger partial charge in [-0.15, -0.1) is 0 Å². The van der Waals surface area contributed by atoms with E-state index in [1.54, 1.807) is 18.5 Å². The quantitative estimate of drug-likeness (QED) is 0.660. The van der Waals surface area contributed by atoms with Crippen molar-refractivity contribution in [2.24, 2.45) is 5.84 Å². The maximum absolute atomic E-state index is 13.5. The first-order valence-corrected chi connectivity index (χ1v) is 6.78. The first-order valence-electron chi connectivity index (χ1n) is 5.61. The first-order chi connectivity index (χ1) is 9.11. The van der Waals surface area contributed by atoms with Gasteiger partial charge in [-0.25, -0.2) is 4.39 Å². The minimum atomic E-state index is -0.321. The van der Waals surface area contributed by atoms with Crippen LogP contribution in [0, 0.1) is 5.82 Å². The van der Waals surface area contributed by atoms with Crippen LogP contribution in [0.5, 0.6) is 0 Å². The smallest absolute Gasteiger partial charge is 0.137 e. The van der Waals surface area contributed by atoms with Crippen LogP contribution in [-0.4, -0.2) is 4.98 Å². The van der Waals surface area contributed by atoms with Crippen LogP contribution in [-0.2, 0) is 6.42 Å². The summed E-state index contributed by atoms with van der Waals surface area (Å²) >= 11 is 9.18. The Morgan fingerprint density at radius 2 is 2.21 bits per heavy atom. The number of hydrazine groups is 1. The predicted octanol–water partition coefficient (Wildman–Crippen LogP) is 3.38. The van der Waals surface area contributed by atoms with Gasteiger partial charge in [0.25, 0.3) is 0 Å². The van der Waals surface area contributed by atoms with Crippen LogP contribution in [0.2, 0.25) is 5.02 Å². The lowest BCUT2D eigenvalue weighted by Crippen LogP contribution is -2.29. The van der Waals surface area contributed by atoms with E-state index in [9.17, 15) is 4.39 Å². The second-order valence-corrected chi connectivity index (χ2v) is 5.33. The van der Waals surface area contributed by atoms with Gasteiger partial charge >= 0.3 is 0 Å². The molecule has 0 bridgehead atoms. The van der Waals surface area contributed by atoms with E-state index in [4.69, 9.17) is 17.4 Å². The molecule has 2 aromatic rings. The van der Waals surface area contributed by atoms with Crippen molar-refractivity contribution in [1.29, 1.82) is 0 Å². The van der Waals surface area contributed by atoms with E-state index in [0.29, 0.717) is 15.9 Å². The number of benzene rings is 1. The third-order valence-electron chi connectivity index (χ3n) is 2.83. The molecular weight excluding hydrogens is 333 g/mol. The molecule has 1 unspecified atom stereocenters. The Labute approximate surface area is 124 Å². The van der Waals surface area contributed by atoms with Crippen molar-refractivity contribution in [1.82, 2.24) is 10.4 Å². The lowest BCUT2D eigenvalue weighted by Gasteiger charge is -2.17. The Morgan fingerprint density at radius 3 is 2.84 bits per heavy atom. The zero-order valence-corrected chi connectivity index (χ0v) is 12.2. The summed E-state index contributed by atoms with van der Waals surface area (Å²) < 4.78 is 14.0. The number of aromatic nitrogens is 1. The summed E-state index contributed by atoms with van der Waals surface area (Å²) in [6.45, 7) is 0. The monoisotopic (exact) mass is 343 g/mol. The second kappa shape index (κ2) is 6.43. The van der Waals surface area contributed by atoms with E-state index in [1.807, 2.05) is 12.1 Å². The van der Waals surface area contributed by atoms with E-state index >= 15 is 0 Å². The molecule has 3 nitrogen and oxygen atoms in total. The second-order valence-electron chi connectivity index (χ2n) is 4.06. The van der Waals surface area contributed by atoms with Gasteiger partial charge in [0.2, 0.25) is 0 Å². The molecule has 0 spiro atoms. The number of hydrogen-bond donors (Lipinski definition) is 2. The average Bonchev–Trinajstić information content (AvgIpc) is 2.41. The number of hydrogen-bond acceptors (Lipinski definition) is 3. The van der Waals surface area contributed by atoms with E-state index in [0.717, 1.165) is 11.1 Å². The molecule has 0 saturated carbocycles. The fourth-order valence-electron chi connectivity index (χ4n) is 1.79. The number of halogens is 3. The Kier molecular flexibility index (Phi) is 4.87. The lowest BCUT2D eigenvalue weighted by atomic mass is 10.00. The van der Waals surface area contributed by atoms with Crippen LogP contribution in [0.25, 0.3) is 0 Å². The summed E-state index contributed by atoms with van der Waals surface area (Å²) in [5, 5.41) is 0.570. The molecule has 1 aromatic heterocycles. The van der Waals surface area contributed by atoms with Gasteiger partial charge in [0, 0.05) is 12.4 Å². The predicted molar refractivity (Wildman–Crippen MR) is 77.1 cm³/mol. The summed E-state index contributed by atoms with van der Waals surface area (Å²) in [6.07, 6.45) is 3.79. The van der Waals surface area contributed by atoms with Gasteiger partial charge in [-0.1, -0.05) is 17.7 Å². The van der Waals surface area contributed by atoms with Crippen LogP contribution >= 0.6 is 27.5 Å². The van der Waals surface area contributed by atoms with Gasteiger partial charge in [0.05, 0.1) is 15.5 Å². The van der Waals surface area contributed by atoms with Gasteiger partial charge in [0.15, 0.2) is 0 Å². The number of nitrogens with zero attached hydrogens (tertiary/aromatic N) is 1. The zero-order chi connectivity index (χ0) is 13.8.